The average molecular weight is 393 g/mol. The molecule has 1 saturated carbocycles. The molecule has 0 spiro atoms. The highest BCUT2D eigenvalue weighted by molar-refractivity contribution is 6.62. The van der Waals surface area contributed by atoms with Gasteiger partial charge in [0.05, 0.1) is 17.8 Å². The second-order valence-corrected chi connectivity index (χ2v) is 8.95. The fourth-order valence-electron chi connectivity index (χ4n) is 3.14. The van der Waals surface area contributed by atoms with Gasteiger partial charge in [0.1, 0.15) is 5.75 Å². The van der Waals surface area contributed by atoms with Gasteiger partial charge in [-0.1, -0.05) is 12.1 Å². The zero-order valence-corrected chi connectivity index (χ0v) is 17.5. The fraction of sp³-hybridized carbons (Fsp3) is 0.435. The number of nitrogens with one attached hydrogen (secondary N) is 1. The lowest BCUT2D eigenvalue weighted by molar-refractivity contribution is 0.00578. The summed E-state index contributed by atoms with van der Waals surface area (Å²) in [4.78, 5) is 12.7. The van der Waals surface area contributed by atoms with Gasteiger partial charge in [0.2, 0.25) is 0 Å². The van der Waals surface area contributed by atoms with Gasteiger partial charge in [-0.25, -0.2) is 0 Å². The Kier molecular flexibility index (Phi) is 5.17. The molecular formula is C23H28BNO4. The summed E-state index contributed by atoms with van der Waals surface area (Å²) in [6, 6.07) is 14.9. The maximum absolute atomic E-state index is 12.7. The van der Waals surface area contributed by atoms with Gasteiger partial charge in [0, 0.05) is 11.3 Å². The van der Waals surface area contributed by atoms with Crippen LogP contribution in [-0.4, -0.2) is 30.8 Å². The number of carbonyl (C=O) groups is 1. The van der Waals surface area contributed by atoms with E-state index in [4.69, 9.17) is 14.0 Å². The Bertz CT molecular complexity index is 874. The second kappa shape index (κ2) is 7.50. The number of rotatable bonds is 6. The predicted octanol–water partition coefficient (Wildman–Crippen LogP) is 4.03. The third kappa shape index (κ3) is 4.49. The molecule has 2 aromatic rings. The van der Waals surface area contributed by atoms with Gasteiger partial charge in [0.15, 0.2) is 0 Å². The van der Waals surface area contributed by atoms with Gasteiger partial charge in [-0.2, -0.15) is 0 Å². The molecule has 2 aliphatic rings. The summed E-state index contributed by atoms with van der Waals surface area (Å²) in [7, 11) is -0.490. The van der Waals surface area contributed by atoms with Crippen molar-refractivity contribution in [2.24, 2.45) is 5.92 Å². The molecule has 1 saturated heterocycles. The highest BCUT2D eigenvalue weighted by atomic mass is 16.7. The summed E-state index contributed by atoms with van der Waals surface area (Å²) in [5.41, 5.74) is 1.29. The fourth-order valence-corrected chi connectivity index (χ4v) is 3.14. The topological polar surface area (TPSA) is 56.8 Å². The zero-order chi connectivity index (χ0) is 20.6. The molecule has 1 N–H and O–H groups in total. The van der Waals surface area contributed by atoms with Crippen LogP contribution in [0.2, 0.25) is 0 Å². The smallest absolute Gasteiger partial charge is 0.493 e. The maximum atomic E-state index is 12.7. The number of ether oxygens (including phenoxy) is 1. The number of anilines is 1. The number of benzene rings is 2. The molecule has 29 heavy (non-hydrogen) atoms. The van der Waals surface area contributed by atoms with Crippen molar-refractivity contribution in [3.8, 4) is 5.75 Å². The van der Waals surface area contributed by atoms with Crippen LogP contribution in [-0.2, 0) is 9.31 Å². The van der Waals surface area contributed by atoms with E-state index in [9.17, 15) is 4.79 Å². The summed E-state index contributed by atoms with van der Waals surface area (Å²) in [5, 5.41) is 2.94. The molecule has 0 radical (unpaired) electrons. The molecule has 1 amide bonds. The van der Waals surface area contributed by atoms with Crippen LogP contribution in [0.25, 0.3) is 0 Å². The van der Waals surface area contributed by atoms with Crippen molar-refractivity contribution < 1.29 is 18.8 Å². The average Bonchev–Trinajstić information content (AvgIpc) is 3.47. The summed E-state index contributed by atoms with van der Waals surface area (Å²) in [5.74, 6) is 1.37. The van der Waals surface area contributed by atoms with Crippen LogP contribution in [0.15, 0.2) is 48.5 Å². The Balaban J connectivity index is 1.41. The van der Waals surface area contributed by atoms with Crippen LogP contribution in [0.5, 0.6) is 5.75 Å². The SMILES string of the molecule is CC1(C)OB(c2cccc(C(=O)Nc3ccc(OCC4CC4)cc3)c2)OC1(C)C. The van der Waals surface area contributed by atoms with E-state index in [1.54, 1.807) is 6.07 Å². The highest BCUT2D eigenvalue weighted by Gasteiger charge is 2.51. The first-order valence-electron chi connectivity index (χ1n) is 10.2. The number of hydrogen-bond donors (Lipinski definition) is 1. The molecule has 0 bridgehead atoms. The van der Waals surface area contributed by atoms with Crippen molar-refractivity contribution >= 4 is 24.2 Å². The lowest BCUT2D eigenvalue weighted by Gasteiger charge is -2.32. The predicted molar refractivity (Wildman–Crippen MR) is 115 cm³/mol. The van der Waals surface area contributed by atoms with Gasteiger partial charge < -0.3 is 19.4 Å². The standard InChI is InChI=1S/C23H28BNO4/c1-22(2)23(3,4)29-24(28-22)18-7-5-6-17(14-18)21(26)25-19-10-12-20(13-11-19)27-15-16-8-9-16/h5-7,10-14,16H,8-9,15H2,1-4H3,(H,25,26). The van der Waals surface area contributed by atoms with Gasteiger partial charge in [-0.15, -0.1) is 0 Å². The molecule has 1 heterocycles. The molecule has 2 fully saturated rings. The van der Waals surface area contributed by atoms with Crippen LogP contribution in [0.1, 0.15) is 50.9 Å². The Hall–Kier alpha value is -2.31. The lowest BCUT2D eigenvalue weighted by Crippen LogP contribution is -2.41. The summed E-state index contributed by atoms with van der Waals surface area (Å²) >= 11 is 0. The first-order chi connectivity index (χ1) is 13.7. The van der Waals surface area contributed by atoms with Crippen molar-refractivity contribution in [2.75, 3.05) is 11.9 Å². The lowest BCUT2D eigenvalue weighted by atomic mass is 9.78. The molecule has 4 rings (SSSR count). The molecule has 2 aromatic carbocycles. The van der Waals surface area contributed by atoms with E-state index < -0.39 is 18.3 Å². The van der Waals surface area contributed by atoms with Gasteiger partial charge >= 0.3 is 7.12 Å². The molecule has 1 aliphatic heterocycles. The van der Waals surface area contributed by atoms with E-state index in [0.29, 0.717) is 11.5 Å². The van der Waals surface area contributed by atoms with Crippen LogP contribution < -0.4 is 15.5 Å². The molecule has 6 heteroatoms. The van der Waals surface area contributed by atoms with Crippen LogP contribution in [0, 0.1) is 5.92 Å². The van der Waals surface area contributed by atoms with Crippen molar-refractivity contribution in [3.05, 3.63) is 54.1 Å². The van der Waals surface area contributed by atoms with E-state index in [2.05, 4.69) is 5.32 Å². The van der Waals surface area contributed by atoms with Crippen molar-refractivity contribution in [1.82, 2.24) is 0 Å². The van der Waals surface area contributed by atoms with E-state index in [1.807, 2.05) is 70.2 Å². The van der Waals surface area contributed by atoms with E-state index in [1.165, 1.54) is 12.8 Å². The number of amides is 1. The quantitative estimate of drug-likeness (QED) is 0.753. The molecule has 0 atom stereocenters. The Morgan fingerprint density at radius 3 is 2.34 bits per heavy atom. The van der Waals surface area contributed by atoms with Gasteiger partial charge in [-0.3, -0.25) is 4.79 Å². The van der Waals surface area contributed by atoms with Crippen LogP contribution >= 0.6 is 0 Å². The van der Waals surface area contributed by atoms with E-state index in [0.717, 1.165) is 23.5 Å². The minimum atomic E-state index is -0.490. The van der Waals surface area contributed by atoms with E-state index in [-0.39, 0.29) is 5.91 Å². The van der Waals surface area contributed by atoms with Crippen LogP contribution in [0.3, 0.4) is 0 Å². The van der Waals surface area contributed by atoms with Crippen molar-refractivity contribution in [2.45, 2.75) is 51.7 Å². The zero-order valence-electron chi connectivity index (χ0n) is 17.5. The third-order valence-electron chi connectivity index (χ3n) is 5.97. The van der Waals surface area contributed by atoms with E-state index >= 15 is 0 Å². The first-order valence-corrected chi connectivity index (χ1v) is 10.2. The Labute approximate surface area is 172 Å². The Morgan fingerprint density at radius 1 is 1.07 bits per heavy atom. The molecular weight excluding hydrogens is 365 g/mol. The van der Waals surface area contributed by atoms with Crippen LogP contribution in [0.4, 0.5) is 5.69 Å². The largest absolute Gasteiger partial charge is 0.494 e. The third-order valence-corrected chi connectivity index (χ3v) is 5.97. The normalized spacial score (nSPS) is 19.8. The van der Waals surface area contributed by atoms with Gasteiger partial charge in [-0.05, 0) is 88.3 Å². The molecule has 1 aliphatic carbocycles. The maximum Gasteiger partial charge on any atom is 0.494 e. The van der Waals surface area contributed by atoms with Gasteiger partial charge in [0.25, 0.3) is 5.91 Å². The second-order valence-electron chi connectivity index (χ2n) is 8.95. The summed E-state index contributed by atoms with van der Waals surface area (Å²) < 4.78 is 17.9. The van der Waals surface area contributed by atoms with Crippen molar-refractivity contribution in [1.29, 1.82) is 0 Å². The number of hydrogen-bond acceptors (Lipinski definition) is 4. The summed E-state index contributed by atoms with van der Waals surface area (Å²) in [6.45, 7) is 8.84. The minimum absolute atomic E-state index is 0.171. The Morgan fingerprint density at radius 2 is 1.72 bits per heavy atom. The molecule has 0 unspecified atom stereocenters. The molecule has 5 nitrogen and oxygen atoms in total. The van der Waals surface area contributed by atoms with Crippen molar-refractivity contribution in [3.63, 3.8) is 0 Å². The summed E-state index contributed by atoms with van der Waals surface area (Å²) in [6.07, 6.45) is 2.53. The first kappa shape index (κ1) is 20.0. The molecule has 0 aromatic heterocycles. The monoisotopic (exact) mass is 393 g/mol. The number of carbonyl (C=O) groups excluding carboxylic acids is 1. The minimum Gasteiger partial charge on any atom is -0.493 e. The highest BCUT2D eigenvalue weighted by Crippen LogP contribution is 2.36. The molecule has 152 valence electrons.